The Morgan fingerprint density at radius 1 is 0.324 bits per heavy atom. The quantitative estimate of drug-likeness (QED) is 0.0142. The average Bonchev–Trinajstić information content (AvgIpc) is 0.876. The van der Waals surface area contributed by atoms with Gasteiger partial charge in [0, 0.05) is 32.4 Å². The largest absolute Gasteiger partial charge is 0.508 e. The van der Waals surface area contributed by atoms with Gasteiger partial charge in [-0.3, -0.25) is 82.7 Å². The van der Waals surface area contributed by atoms with Crippen LogP contribution in [0.1, 0.15) is 42.4 Å². The molecular weight excluding hydrogens is 1430 g/mol. The Labute approximate surface area is 615 Å². The van der Waals surface area contributed by atoms with Crippen molar-refractivity contribution in [1.82, 2.24) is 90.4 Å². The van der Waals surface area contributed by atoms with Gasteiger partial charge < -0.3 is 138 Å². The number of hydrogen-bond acceptors (Lipinski definition) is 24. The highest BCUT2D eigenvalue weighted by atomic mass is 16.4. The van der Waals surface area contributed by atoms with Crippen LogP contribution in [0.5, 0.6) is 11.5 Å². The second-order valence-corrected chi connectivity index (χ2v) is 23.5. The molecule has 0 aliphatic heterocycles. The second kappa shape index (κ2) is 48.2. The minimum Gasteiger partial charge on any atom is -0.508 e. The average molecular weight is 1520 g/mol. The zero-order valence-electron chi connectivity index (χ0n) is 58.2. The zero-order chi connectivity index (χ0) is 80.3. The molecule has 0 radical (unpaired) electrons. The van der Waals surface area contributed by atoms with Crippen molar-refractivity contribution in [2.45, 2.75) is 93.3 Å². The fraction of sp³-hybridized carbons (Fsp3) is 0.438. The molecule has 590 valence electrons. The van der Waals surface area contributed by atoms with E-state index in [1.165, 1.54) is 48.5 Å². The van der Waals surface area contributed by atoms with Crippen molar-refractivity contribution in [1.29, 1.82) is 10.8 Å². The van der Waals surface area contributed by atoms with Crippen LogP contribution >= 0.6 is 0 Å². The Kier molecular flexibility index (Phi) is 39.9. The number of guanidine groups is 2. The van der Waals surface area contributed by atoms with Crippen LogP contribution in [0.25, 0.3) is 0 Å². The van der Waals surface area contributed by atoms with Gasteiger partial charge in [-0.25, -0.2) is 4.79 Å². The van der Waals surface area contributed by atoms with Crippen molar-refractivity contribution >= 4 is 106 Å². The molecule has 0 heterocycles. The highest BCUT2D eigenvalue weighted by Crippen LogP contribution is 2.14. The number of amides is 15. The molecule has 0 bridgehead atoms. The molecule has 0 aromatic heterocycles. The molecule has 0 aliphatic carbocycles. The molecule has 0 fully saturated rings. The lowest BCUT2D eigenvalue weighted by Crippen LogP contribution is -2.59. The maximum Gasteiger partial charge on any atom is 0.326 e. The van der Waals surface area contributed by atoms with E-state index in [-0.39, 0.29) is 69.5 Å². The van der Waals surface area contributed by atoms with Gasteiger partial charge in [0.15, 0.2) is 11.9 Å². The number of benzene rings is 3. The summed E-state index contributed by atoms with van der Waals surface area (Å²) >= 11 is 0. The predicted octanol–water partition coefficient (Wildman–Crippen LogP) is -12.6. The molecule has 0 saturated heterocycles. The van der Waals surface area contributed by atoms with Gasteiger partial charge in [-0.1, -0.05) is 54.6 Å². The number of carbonyl (C=O) groups excluding carboxylic acids is 15. The zero-order valence-corrected chi connectivity index (χ0v) is 58.2. The highest BCUT2D eigenvalue weighted by molar-refractivity contribution is 5.99. The molecule has 0 saturated carbocycles. The summed E-state index contributed by atoms with van der Waals surface area (Å²) in [7, 11) is 0. The summed E-state index contributed by atoms with van der Waals surface area (Å²) in [6, 6.07) is 6.66. The van der Waals surface area contributed by atoms with Gasteiger partial charge in [-0.05, 0) is 66.6 Å². The minimum atomic E-state index is -1.81. The normalized spacial score (nSPS) is 12.8. The van der Waals surface area contributed by atoms with Crippen molar-refractivity contribution in [2.75, 3.05) is 85.3 Å². The lowest BCUT2D eigenvalue weighted by molar-refractivity contribution is -0.142. The van der Waals surface area contributed by atoms with Crippen molar-refractivity contribution in [3.05, 3.63) is 95.6 Å². The van der Waals surface area contributed by atoms with Gasteiger partial charge in [0.05, 0.1) is 72.2 Å². The molecular formula is C64H92N22O22. The fourth-order valence-corrected chi connectivity index (χ4v) is 9.32. The third-order valence-electron chi connectivity index (χ3n) is 14.9. The maximum absolute atomic E-state index is 14.0. The topological polar surface area (TPSA) is 725 Å². The number of aliphatic hydroxyl groups excluding tert-OH is 3. The van der Waals surface area contributed by atoms with E-state index in [1.807, 2.05) is 0 Å². The molecule has 3 aromatic rings. The van der Waals surface area contributed by atoms with E-state index in [2.05, 4.69) is 90.4 Å². The summed E-state index contributed by atoms with van der Waals surface area (Å²) < 4.78 is 0. The molecule has 8 atom stereocenters. The van der Waals surface area contributed by atoms with Crippen LogP contribution in [0.15, 0.2) is 78.9 Å². The third kappa shape index (κ3) is 36.0. The number of phenols is 2. The first-order valence-electron chi connectivity index (χ1n) is 33.1. The molecule has 31 N–H and O–H groups in total. The summed E-state index contributed by atoms with van der Waals surface area (Å²) in [5.74, 6) is -17.3. The van der Waals surface area contributed by atoms with E-state index >= 15 is 0 Å². The lowest BCUT2D eigenvalue weighted by atomic mass is 10.0. The molecule has 0 aliphatic rings. The van der Waals surface area contributed by atoms with Crippen LogP contribution in [0.4, 0.5) is 0 Å². The number of aliphatic carboxylic acids is 1. The Balaban J connectivity index is 1.54. The molecule has 3 rings (SSSR count). The summed E-state index contributed by atoms with van der Waals surface area (Å²) in [5, 5.41) is 113. The number of rotatable bonds is 48. The Bertz CT molecular complexity index is 3610. The number of carbonyl (C=O) groups is 16. The molecule has 15 amide bonds. The van der Waals surface area contributed by atoms with Gasteiger partial charge in [-0.2, -0.15) is 0 Å². The van der Waals surface area contributed by atoms with Gasteiger partial charge in [-0.15, -0.1) is 0 Å². The van der Waals surface area contributed by atoms with Crippen molar-refractivity contribution in [2.24, 2.45) is 17.2 Å². The first-order chi connectivity index (χ1) is 51.3. The third-order valence-corrected chi connectivity index (χ3v) is 14.9. The summed E-state index contributed by atoms with van der Waals surface area (Å²) in [6.07, 6.45) is -0.795. The number of carboxylic acids is 1. The summed E-state index contributed by atoms with van der Waals surface area (Å²) in [4.78, 5) is 207. The van der Waals surface area contributed by atoms with E-state index in [9.17, 15) is 107 Å². The lowest BCUT2D eigenvalue weighted by Gasteiger charge is -2.26. The van der Waals surface area contributed by atoms with Gasteiger partial charge in [0.25, 0.3) is 0 Å². The number of aliphatic hydroxyl groups is 3. The van der Waals surface area contributed by atoms with E-state index in [4.69, 9.17) is 28.0 Å². The Morgan fingerprint density at radius 3 is 0.944 bits per heavy atom. The number of phenolic OH excluding ortho intramolecular Hbond substituents is 2. The minimum absolute atomic E-state index is 0.00291. The van der Waals surface area contributed by atoms with Crippen molar-refractivity contribution < 1.29 is 107 Å². The monoisotopic (exact) mass is 1520 g/mol. The number of nitrogens with two attached hydrogens (primary N) is 3. The first kappa shape index (κ1) is 89.4. The fourth-order valence-electron chi connectivity index (χ4n) is 9.32. The van der Waals surface area contributed by atoms with Crippen molar-refractivity contribution in [3.63, 3.8) is 0 Å². The van der Waals surface area contributed by atoms with E-state index < -0.39 is 227 Å². The molecule has 44 nitrogen and oxygen atoms in total. The molecule has 108 heavy (non-hydrogen) atoms. The summed E-state index contributed by atoms with van der Waals surface area (Å²) in [5.41, 5.74) is 17.4. The van der Waals surface area contributed by atoms with E-state index in [0.29, 0.717) is 16.7 Å². The second-order valence-electron chi connectivity index (χ2n) is 23.5. The number of nitrogens with one attached hydrogen (secondary N) is 19. The van der Waals surface area contributed by atoms with Gasteiger partial charge in [0.1, 0.15) is 59.8 Å². The predicted molar refractivity (Wildman–Crippen MR) is 377 cm³/mol. The molecule has 3 aromatic carbocycles. The first-order valence-corrected chi connectivity index (χ1v) is 33.1. The van der Waals surface area contributed by atoms with Crippen molar-refractivity contribution in [3.8, 4) is 11.5 Å². The Morgan fingerprint density at radius 2 is 0.602 bits per heavy atom. The van der Waals surface area contributed by atoms with Crippen LogP contribution in [0.3, 0.4) is 0 Å². The van der Waals surface area contributed by atoms with Crippen LogP contribution in [0.2, 0.25) is 0 Å². The molecule has 0 unspecified atom stereocenters. The standard InChI is InChI=1S/C64H92N22O22/c65-23-47(92)72-26-50(95)79-41(20-35-10-14-37(90)15-11-35)55(100)76-29-53(98)82-44(31-87)57(102)75-25-49(94)73-24-48(93)74-27-51(96)81-45(32-88)58(103)78-28-52(97)80-42(21-36-12-16-38(91)17-13-36)56(101)77-30-54(99)83-46(33-89)61(106)85-39(8-4-18-70-63(66)67)59(104)84-40(9-5-19-71-64(68)69)60(105)86-43(62(107)108)22-34-6-2-1-3-7-34/h1-3,6-7,10-17,39-46,87-91H,4-5,8-9,18-33,65H2,(H,72,92)(H,73,94)(H,74,93)(H,75,102)(H,76,100)(H,77,101)(H,78,103)(H,79,95)(H,80,97)(H,81,96)(H,82,98)(H,83,99)(H,84,104)(H,85,106)(H,86,105)(H,107,108)(H4,66,67,70)(H4,68,69,71)/t39-,40-,41-,42-,43-,44-,45-,46-/m0/s1. The van der Waals surface area contributed by atoms with Gasteiger partial charge >= 0.3 is 5.97 Å². The number of aromatic hydroxyl groups is 2. The number of hydrogen-bond donors (Lipinski definition) is 28. The van der Waals surface area contributed by atoms with Gasteiger partial charge in [0.2, 0.25) is 88.6 Å². The Hall–Kier alpha value is -12.8. The smallest absolute Gasteiger partial charge is 0.326 e. The molecule has 0 spiro atoms. The summed E-state index contributed by atoms with van der Waals surface area (Å²) in [6.45, 7) is -9.10. The molecule has 44 heteroatoms. The maximum atomic E-state index is 14.0. The van der Waals surface area contributed by atoms with Crippen LogP contribution < -0.4 is 108 Å². The van der Waals surface area contributed by atoms with Crippen LogP contribution in [0, 0.1) is 10.8 Å². The highest BCUT2D eigenvalue weighted by Gasteiger charge is 2.33. The number of carboxylic acid groups (broad SMARTS) is 1. The SMILES string of the molecule is N=C(N)NCCC[C@H](NC(=O)[C@H](CCCNC(=N)N)NC(=O)[C@H](CO)NC(=O)CNC(=O)[C@H](Cc1ccc(O)cc1)NC(=O)CNC(=O)[C@H](CO)NC(=O)CNC(=O)CNC(=O)CNC(=O)[C@H](CO)NC(=O)CNC(=O)[C@H](Cc1ccc(O)cc1)NC(=O)CNC(=O)CN)C(=O)N[C@@H](Cc1ccccc1)C(=O)O. The van der Waals surface area contributed by atoms with E-state index in [1.54, 1.807) is 30.3 Å². The van der Waals surface area contributed by atoms with Crippen LogP contribution in [-0.2, 0) is 96.0 Å². The van der Waals surface area contributed by atoms with E-state index in [0.717, 1.165) is 0 Å². The van der Waals surface area contributed by atoms with Crippen LogP contribution in [-0.4, -0.2) is 271 Å².